The van der Waals surface area contributed by atoms with Gasteiger partial charge in [0.1, 0.15) is 0 Å². The Morgan fingerprint density at radius 1 is 1.10 bits per heavy atom. The molecule has 0 unspecified atom stereocenters. The van der Waals surface area contributed by atoms with Crippen LogP contribution in [0.5, 0.6) is 0 Å². The number of nitrogens with two attached hydrogens (primary N) is 1. The van der Waals surface area contributed by atoms with Crippen molar-refractivity contribution in [3.8, 4) is 16.9 Å². The number of amides is 1. The van der Waals surface area contributed by atoms with E-state index in [1.165, 1.54) is 0 Å². The van der Waals surface area contributed by atoms with Crippen LogP contribution in [0, 0.1) is 6.92 Å². The van der Waals surface area contributed by atoms with Gasteiger partial charge in [-0.25, -0.2) is 0 Å². The van der Waals surface area contributed by atoms with Crippen LogP contribution >= 0.6 is 15.9 Å². The number of halogens is 1. The second kappa shape index (κ2) is 8.00. The summed E-state index contributed by atoms with van der Waals surface area (Å²) < 4.78 is 3.24. The Labute approximate surface area is 176 Å². The molecule has 0 atom stereocenters. The predicted molar refractivity (Wildman–Crippen MR) is 114 cm³/mol. The molecule has 0 radical (unpaired) electrons. The SMILES string of the molecule is Cc1cc(C(N)=O)ccc1-n1c(CCc2nn[nH]n2)ccc1-c1ccc(Br)cc1. The fraction of sp³-hybridized carbons (Fsp3) is 0.143. The molecule has 0 fully saturated rings. The molecule has 1 amide bonds. The Balaban J connectivity index is 1.81. The highest BCUT2D eigenvalue weighted by molar-refractivity contribution is 9.10. The van der Waals surface area contributed by atoms with Crippen LogP contribution in [0.1, 0.15) is 27.4 Å². The Hall–Kier alpha value is -3.26. The summed E-state index contributed by atoms with van der Waals surface area (Å²) in [6, 6.07) is 17.9. The van der Waals surface area contributed by atoms with Crippen molar-refractivity contribution in [2.75, 3.05) is 0 Å². The van der Waals surface area contributed by atoms with Crippen molar-refractivity contribution in [3.63, 3.8) is 0 Å². The molecule has 2 aromatic carbocycles. The third kappa shape index (κ3) is 3.97. The predicted octanol–water partition coefficient (Wildman–Crippen LogP) is 3.61. The van der Waals surface area contributed by atoms with E-state index in [9.17, 15) is 4.79 Å². The molecule has 4 rings (SSSR count). The van der Waals surface area contributed by atoms with Crippen LogP contribution in [0.2, 0.25) is 0 Å². The van der Waals surface area contributed by atoms with E-state index in [1.54, 1.807) is 6.07 Å². The van der Waals surface area contributed by atoms with E-state index in [2.05, 4.69) is 65.4 Å². The van der Waals surface area contributed by atoms with Gasteiger partial charge in [-0.05, 0) is 66.9 Å². The van der Waals surface area contributed by atoms with Gasteiger partial charge in [-0.1, -0.05) is 33.3 Å². The minimum Gasteiger partial charge on any atom is -0.366 e. The lowest BCUT2D eigenvalue weighted by Crippen LogP contribution is -2.12. The molecule has 7 nitrogen and oxygen atoms in total. The number of nitrogens with one attached hydrogen (secondary N) is 1. The van der Waals surface area contributed by atoms with E-state index in [-0.39, 0.29) is 0 Å². The fourth-order valence-corrected chi connectivity index (χ4v) is 3.66. The summed E-state index contributed by atoms with van der Waals surface area (Å²) >= 11 is 3.49. The number of hydrogen-bond acceptors (Lipinski definition) is 4. The van der Waals surface area contributed by atoms with Crippen molar-refractivity contribution < 1.29 is 4.79 Å². The number of carbonyl (C=O) groups excluding carboxylic acids is 1. The van der Waals surface area contributed by atoms with E-state index >= 15 is 0 Å². The first-order chi connectivity index (χ1) is 14.0. The summed E-state index contributed by atoms with van der Waals surface area (Å²) in [5.41, 5.74) is 11.2. The molecular formula is C21H19BrN6O. The Morgan fingerprint density at radius 3 is 2.55 bits per heavy atom. The Morgan fingerprint density at radius 2 is 1.90 bits per heavy atom. The van der Waals surface area contributed by atoms with Crippen LogP contribution in [0.4, 0.5) is 0 Å². The topological polar surface area (TPSA) is 102 Å². The number of nitrogens with zero attached hydrogens (tertiary/aromatic N) is 4. The van der Waals surface area contributed by atoms with Crippen LogP contribution < -0.4 is 5.73 Å². The molecule has 8 heteroatoms. The maximum atomic E-state index is 11.6. The average Bonchev–Trinajstić information content (AvgIpc) is 3.36. The van der Waals surface area contributed by atoms with Crippen LogP contribution in [0.15, 0.2) is 59.1 Å². The average molecular weight is 451 g/mol. The Bertz CT molecular complexity index is 1150. The number of aromatic amines is 1. The van der Waals surface area contributed by atoms with E-state index in [0.29, 0.717) is 17.8 Å². The molecule has 0 bridgehead atoms. The highest BCUT2D eigenvalue weighted by Gasteiger charge is 2.15. The molecule has 0 aliphatic heterocycles. The van der Waals surface area contributed by atoms with Crippen molar-refractivity contribution >= 4 is 21.8 Å². The molecule has 0 aliphatic rings. The number of aromatic nitrogens is 5. The van der Waals surface area contributed by atoms with Gasteiger partial charge in [-0.2, -0.15) is 5.21 Å². The van der Waals surface area contributed by atoms with Crippen LogP contribution in [0.25, 0.3) is 16.9 Å². The summed E-state index contributed by atoms with van der Waals surface area (Å²) in [4.78, 5) is 11.6. The second-order valence-electron chi connectivity index (χ2n) is 6.75. The fourth-order valence-electron chi connectivity index (χ4n) is 3.39. The number of aryl methyl sites for hydroxylation is 3. The van der Waals surface area contributed by atoms with E-state index in [4.69, 9.17) is 5.73 Å². The standard InChI is InChI=1S/C21H19BrN6O/c1-13-12-15(21(23)29)4-9-18(13)28-17(8-11-20-24-26-27-25-20)7-10-19(28)14-2-5-16(22)6-3-14/h2-7,9-10,12H,8,11H2,1H3,(H2,23,29)(H,24,25,26,27). The summed E-state index contributed by atoms with van der Waals surface area (Å²) in [6.45, 7) is 1.98. The molecule has 0 saturated heterocycles. The summed E-state index contributed by atoms with van der Waals surface area (Å²) in [7, 11) is 0. The highest BCUT2D eigenvalue weighted by Crippen LogP contribution is 2.30. The first-order valence-electron chi connectivity index (χ1n) is 9.12. The number of primary amides is 1. The minimum atomic E-state index is -0.433. The lowest BCUT2D eigenvalue weighted by atomic mass is 10.1. The van der Waals surface area contributed by atoms with Crippen molar-refractivity contribution in [1.29, 1.82) is 0 Å². The summed E-state index contributed by atoms with van der Waals surface area (Å²) in [6.07, 6.45) is 1.41. The molecule has 0 spiro atoms. The third-order valence-electron chi connectivity index (χ3n) is 4.82. The molecule has 0 saturated carbocycles. The quantitative estimate of drug-likeness (QED) is 0.468. The zero-order valence-corrected chi connectivity index (χ0v) is 17.3. The normalized spacial score (nSPS) is 11.0. The van der Waals surface area contributed by atoms with Crippen molar-refractivity contribution in [1.82, 2.24) is 25.2 Å². The highest BCUT2D eigenvalue weighted by atomic mass is 79.9. The lowest BCUT2D eigenvalue weighted by molar-refractivity contribution is 0.1000. The monoisotopic (exact) mass is 450 g/mol. The van der Waals surface area contributed by atoms with Crippen molar-refractivity contribution in [3.05, 3.63) is 81.7 Å². The van der Waals surface area contributed by atoms with E-state index in [1.807, 2.05) is 31.2 Å². The molecule has 146 valence electrons. The van der Waals surface area contributed by atoms with Gasteiger partial charge in [0.25, 0.3) is 0 Å². The first kappa shape index (κ1) is 19.1. The number of benzene rings is 2. The number of rotatable bonds is 6. The van der Waals surface area contributed by atoms with E-state index < -0.39 is 5.91 Å². The van der Waals surface area contributed by atoms with Gasteiger partial charge in [0.15, 0.2) is 5.82 Å². The minimum absolute atomic E-state index is 0.433. The summed E-state index contributed by atoms with van der Waals surface area (Å²) in [5.74, 6) is 0.237. The number of H-pyrrole nitrogens is 1. The zero-order chi connectivity index (χ0) is 20.4. The van der Waals surface area contributed by atoms with Crippen LogP contribution in [-0.2, 0) is 12.8 Å². The Kier molecular flexibility index (Phi) is 5.26. The second-order valence-corrected chi connectivity index (χ2v) is 7.66. The van der Waals surface area contributed by atoms with Gasteiger partial charge in [-0.15, -0.1) is 10.2 Å². The molecular weight excluding hydrogens is 432 g/mol. The zero-order valence-electron chi connectivity index (χ0n) is 15.8. The van der Waals surface area contributed by atoms with Crippen molar-refractivity contribution in [2.45, 2.75) is 19.8 Å². The largest absolute Gasteiger partial charge is 0.366 e. The van der Waals surface area contributed by atoms with Gasteiger partial charge >= 0.3 is 0 Å². The maximum absolute atomic E-state index is 11.6. The third-order valence-corrected chi connectivity index (χ3v) is 5.35. The van der Waals surface area contributed by atoms with Gasteiger partial charge in [0, 0.05) is 27.8 Å². The lowest BCUT2D eigenvalue weighted by Gasteiger charge is -2.17. The number of carbonyl (C=O) groups is 1. The molecule has 3 N–H and O–H groups in total. The van der Waals surface area contributed by atoms with Gasteiger partial charge in [0.05, 0.1) is 5.69 Å². The molecule has 2 aromatic heterocycles. The van der Waals surface area contributed by atoms with Gasteiger partial charge in [0.2, 0.25) is 5.91 Å². The smallest absolute Gasteiger partial charge is 0.248 e. The van der Waals surface area contributed by atoms with Crippen LogP contribution in [-0.4, -0.2) is 31.1 Å². The number of hydrogen-bond donors (Lipinski definition) is 2. The van der Waals surface area contributed by atoms with E-state index in [0.717, 1.165) is 39.1 Å². The first-order valence-corrected chi connectivity index (χ1v) is 9.92. The molecule has 2 heterocycles. The molecule has 29 heavy (non-hydrogen) atoms. The molecule has 4 aromatic rings. The number of tetrazole rings is 1. The van der Waals surface area contributed by atoms with Gasteiger partial charge < -0.3 is 10.3 Å². The summed E-state index contributed by atoms with van der Waals surface area (Å²) in [5, 5.41) is 14.2. The van der Waals surface area contributed by atoms with Gasteiger partial charge in [-0.3, -0.25) is 4.79 Å². The maximum Gasteiger partial charge on any atom is 0.248 e. The molecule has 0 aliphatic carbocycles. The van der Waals surface area contributed by atoms with Crippen LogP contribution in [0.3, 0.4) is 0 Å². The van der Waals surface area contributed by atoms with Crippen molar-refractivity contribution in [2.24, 2.45) is 5.73 Å².